The van der Waals surface area contributed by atoms with E-state index in [2.05, 4.69) is 5.32 Å². The van der Waals surface area contributed by atoms with Gasteiger partial charge in [0.15, 0.2) is 9.84 Å². The molecule has 1 unspecified atom stereocenters. The van der Waals surface area contributed by atoms with Crippen LogP contribution in [-0.2, 0) is 9.84 Å². The molecule has 1 aromatic carbocycles. The Morgan fingerprint density at radius 2 is 2.25 bits per heavy atom. The van der Waals surface area contributed by atoms with Crippen molar-refractivity contribution in [2.75, 3.05) is 23.4 Å². The van der Waals surface area contributed by atoms with E-state index in [9.17, 15) is 8.42 Å². The molecule has 0 amide bonds. The van der Waals surface area contributed by atoms with Crippen molar-refractivity contribution in [2.45, 2.75) is 32.2 Å². The molecule has 0 saturated carbocycles. The van der Waals surface area contributed by atoms with Gasteiger partial charge in [0.1, 0.15) is 5.75 Å². The molecule has 6 heteroatoms. The van der Waals surface area contributed by atoms with E-state index in [1.807, 2.05) is 13.0 Å². The van der Waals surface area contributed by atoms with Crippen molar-refractivity contribution in [1.29, 1.82) is 0 Å². The molecule has 1 heterocycles. The molecular weight excluding hydrogens is 298 g/mol. The Morgan fingerprint density at radius 1 is 1.45 bits per heavy atom. The first-order valence-electron chi connectivity index (χ1n) is 6.89. The monoisotopic (exact) mass is 317 g/mol. The lowest BCUT2D eigenvalue weighted by Gasteiger charge is -2.25. The van der Waals surface area contributed by atoms with Crippen molar-refractivity contribution in [3.05, 3.63) is 23.2 Å². The summed E-state index contributed by atoms with van der Waals surface area (Å²) >= 11 is 6.01. The zero-order chi connectivity index (χ0) is 14.6. The standard InChI is InChI=1S/C14H20ClNO3S/c1-2-7-19-14-6-5-11(15)9-13(14)16-12-4-3-8-20(17,18)10-12/h5-6,9,12,16H,2-4,7-8,10H2,1H3. The highest BCUT2D eigenvalue weighted by atomic mass is 35.5. The number of rotatable bonds is 5. The Morgan fingerprint density at radius 3 is 2.95 bits per heavy atom. The maximum absolute atomic E-state index is 11.7. The Balaban J connectivity index is 2.12. The molecule has 0 aromatic heterocycles. The Kier molecular flexibility index (Phi) is 5.16. The van der Waals surface area contributed by atoms with Crippen molar-refractivity contribution < 1.29 is 13.2 Å². The average molecular weight is 318 g/mol. The lowest BCUT2D eigenvalue weighted by atomic mass is 10.1. The van der Waals surface area contributed by atoms with E-state index in [4.69, 9.17) is 16.3 Å². The highest BCUT2D eigenvalue weighted by molar-refractivity contribution is 7.91. The van der Waals surface area contributed by atoms with Crippen LogP contribution in [0.4, 0.5) is 5.69 Å². The van der Waals surface area contributed by atoms with Crippen LogP contribution >= 0.6 is 11.6 Å². The number of benzene rings is 1. The molecule has 1 N–H and O–H groups in total. The first-order chi connectivity index (χ1) is 9.50. The van der Waals surface area contributed by atoms with E-state index in [-0.39, 0.29) is 11.8 Å². The lowest BCUT2D eigenvalue weighted by molar-refractivity contribution is 0.318. The first kappa shape index (κ1) is 15.4. The molecule has 0 radical (unpaired) electrons. The fourth-order valence-electron chi connectivity index (χ4n) is 2.31. The molecule has 1 atom stereocenters. The molecule has 1 aliphatic heterocycles. The highest BCUT2D eigenvalue weighted by Crippen LogP contribution is 2.30. The molecule has 2 rings (SSSR count). The normalized spacial score (nSPS) is 21.4. The van der Waals surface area contributed by atoms with E-state index in [0.717, 1.165) is 24.3 Å². The number of halogens is 1. The zero-order valence-electron chi connectivity index (χ0n) is 11.6. The largest absolute Gasteiger partial charge is 0.491 e. The van der Waals surface area contributed by atoms with Crippen molar-refractivity contribution in [2.24, 2.45) is 0 Å². The maximum atomic E-state index is 11.7. The van der Waals surface area contributed by atoms with Gasteiger partial charge in [0.2, 0.25) is 0 Å². The molecule has 0 aliphatic carbocycles. The second-order valence-electron chi connectivity index (χ2n) is 5.09. The number of anilines is 1. The summed E-state index contributed by atoms with van der Waals surface area (Å²) in [6.45, 7) is 2.66. The van der Waals surface area contributed by atoms with Crippen LogP contribution in [0.15, 0.2) is 18.2 Å². The van der Waals surface area contributed by atoms with Gasteiger partial charge < -0.3 is 10.1 Å². The summed E-state index contributed by atoms with van der Waals surface area (Å²) in [5.74, 6) is 1.19. The maximum Gasteiger partial charge on any atom is 0.152 e. The summed E-state index contributed by atoms with van der Waals surface area (Å²) in [4.78, 5) is 0. The van der Waals surface area contributed by atoms with E-state index in [1.54, 1.807) is 12.1 Å². The van der Waals surface area contributed by atoms with Crippen molar-refractivity contribution in [1.82, 2.24) is 0 Å². The minimum atomic E-state index is -2.93. The second-order valence-corrected chi connectivity index (χ2v) is 7.75. The van der Waals surface area contributed by atoms with Gasteiger partial charge in [0, 0.05) is 11.1 Å². The summed E-state index contributed by atoms with van der Waals surface area (Å²) in [7, 11) is -2.93. The van der Waals surface area contributed by atoms with Crippen LogP contribution in [0.3, 0.4) is 0 Å². The Bertz CT molecular complexity index is 560. The highest BCUT2D eigenvalue weighted by Gasteiger charge is 2.25. The van der Waals surface area contributed by atoms with Gasteiger partial charge in [-0.05, 0) is 37.5 Å². The molecule has 112 valence electrons. The lowest BCUT2D eigenvalue weighted by Crippen LogP contribution is -2.34. The van der Waals surface area contributed by atoms with Gasteiger partial charge in [-0.1, -0.05) is 18.5 Å². The smallest absolute Gasteiger partial charge is 0.152 e. The fraction of sp³-hybridized carbons (Fsp3) is 0.571. The van der Waals surface area contributed by atoms with E-state index >= 15 is 0 Å². The first-order valence-corrected chi connectivity index (χ1v) is 9.09. The molecular formula is C14H20ClNO3S. The minimum Gasteiger partial charge on any atom is -0.491 e. The van der Waals surface area contributed by atoms with Crippen molar-refractivity contribution in [3.8, 4) is 5.75 Å². The third-order valence-electron chi connectivity index (χ3n) is 3.23. The molecule has 0 spiro atoms. The number of hydrogen-bond acceptors (Lipinski definition) is 4. The van der Waals surface area contributed by atoms with Gasteiger partial charge >= 0.3 is 0 Å². The summed E-state index contributed by atoms with van der Waals surface area (Å²) in [5, 5.41) is 3.87. The third-order valence-corrected chi connectivity index (χ3v) is 5.28. The minimum absolute atomic E-state index is 0.0730. The van der Waals surface area contributed by atoms with Crippen LogP contribution in [0.2, 0.25) is 5.02 Å². The number of sulfone groups is 1. The summed E-state index contributed by atoms with van der Waals surface area (Å²) in [6.07, 6.45) is 2.46. The van der Waals surface area contributed by atoms with Crippen LogP contribution in [0.25, 0.3) is 0 Å². The molecule has 0 bridgehead atoms. The predicted molar refractivity (Wildman–Crippen MR) is 82.5 cm³/mol. The molecule has 1 aliphatic rings. The van der Waals surface area contributed by atoms with Crippen LogP contribution in [-0.4, -0.2) is 32.6 Å². The van der Waals surface area contributed by atoms with Gasteiger partial charge in [0.25, 0.3) is 0 Å². The Labute approximate surface area is 125 Å². The SMILES string of the molecule is CCCOc1ccc(Cl)cc1NC1CCCS(=O)(=O)C1. The predicted octanol–water partition coefficient (Wildman–Crippen LogP) is 3.12. The van der Waals surface area contributed by atoms with Crippen LogP contribution in [0.1, 0.15) is 26.2 Å². The van der Waals surface area contributed by atoms with E-state index in [0.29, 0.717) is 23.8 Å². The van der Waals surface area contributed by atoms with E-state index in [1.165, 1.54) is 0 Å². The number of ether oxygens (including phenoxy) is 1. The summed E-state index contributed by atoms with van der Waals surface area (Å²) < 4.78 is 29.0. The topological polar surface area (TPSA) is 55.4 Å². The van der Waals surface area contributed by atoms with Gasteiger partial charge in [0.05, 0.1) is 23.8 Å². The van der Waals surface area contributed by atoms with Crippen LogP contribution < -0.4 is 10.1 Å². The molecule has 1 saturated heterocycles. The third kappa shape index (κ3) is 4.28. The second kappa shape index (κ2) is 6.68. The van der Waals surface area contributed by atoms with Gasteiger partial charge in [-0.25, -0.2) is 8.42 Å². The fourth-order valence-corrected chi connectivity index (χ4v) is 4.12. The van der Waals surface area contributed by atoms with E-state index < -0.39 is 9.84 Å². The number of hydrogen-bond donors (Lipinski definition) is 1. The molecule has 20 heavy (non-hydrogen) atoms. The van der Waals surface area contributed by atoms with Crippen LogP contribution in [0, 0.1) is 0 Å². The molecule has 4 nitrogen and oxygen atoms in total. The quantitative estimate of drug-likeness (QED) is 0.906. The Hall–Kier alpha value is -0.940. The van der Waals surface area contributed by atoms with Crippen molar-refractivity contribution in [3.63, 3.8) is 0 Å². The van der Waals surface area contributed by atoms with Gasteiger partial charge in [-0.15, -0.1) is 0 Å². The zero-order valence-corrected chi connectivity index (χ0v) is 13.1. The number of nitrogens with one attached hydrogen (secondary N) is 1. The average Bonchev–Trinajstić information content (AvgIpc) is 2.37. The molecule has 1 fully saturated rings. The summed E-state index contributed by atoms with van der Waals surface area (Å²) in [6, 6.07) is 5.30. The van der Waals surface area contributed by atoms with Crippen molar-refractivity contribution >= 4 is 27.1 Å². The van der Waals surface area contributed by atoms with Gasteiger partial charge in [-0.2, -0.15) is 0 Å². The van der Waals surface area contributed by atoms with Crippen LogP contribution in [0.5, 0.6) is 5.75 Å². The van der Waals surface area contributed by atoms with Gasteiger partial charge in [-0.3, -0.25) is 0 Å². The molecule has 1 aromatic rings. The summed E-state index contributed by atoms with van der Waals surface area (Å²) in [5.41, 5.74) is 0.771.